The summed E-state index contributed by atoms with van der Waals surface area (Å²) in [6, 6.07) is 8.55. The number of nitrogens with zero attached hydrogens (tertiary/aromatic N) is 1. The van der Waals surface area contributed by atoms with Crippen LogP contribution in [0.15, 0.2) is 34.9 Å². The van der Waals surface area contributed by atoms with Crippen LogP contribution in [0.3, 0.4) is 0 Å². The second kappa shape index (κ2) is 4.98. The van der Waals surface area contributed by atoms with Crippen molar-refractivity contribution in [2.45, 2.75) is 23.8 Å². The average molecular weight is 261 g/mol. The van der Waals surface area contributed by atoms with Crippen LogP contribution >= 0.6 is 11.8 Å². The lowest BCUT2D eigenvalue weighted by Gasteiger charge is -2.45. The van der Waals surface area contributed by atoms with Crippen LogP contribution in [0.5, 0.6) is 0 Å². The van der Waals surface area contributed by atoms with Gasteiger partial charge in [0, 0.05) is 23.7 Å². The van der Waals surface area contributed by atoms with E-state index in [2.05, 4.69) is 41.5 Å². The van der Waals surface area contributed by atoms with Crippen LogP contribution in [0, 0.1) is 5.92 Å². The van der Waals surface area contributed by atoms with Crippen molar-refractivity contribution in [2.24, 2.45) is 5.92 Å². The zero-order valence-electron chi connectivity index (χ0n) is 10.7. The van der Waals surface area contributed by atoms with Crippen LogP contribution < -0.4 is 0 Å². The molecule has 96 valence electrons. The second-order valence-electron chi connectivity index (χ2n) is 5.11. The smallest absolute Gasteiger partial charge is 0.0965 e. The maximum Gasteiger partial charge on any atom is 0.0965 e. The fraction of sp³-hybridized carbons (Fsp3) is 0.467. The maximum absolute atomic E-state index is 10.3. The molecule has 0 aliphatic carbocycles. The Kier molecular flexibility index (Phi) is 3.35. The van der Waals surface area contributed by atoms with Gasteiger partial charge in [0.2, 0.25) is 0 Å². The molecular weight excluding hydrogens is 242 g/mol. The normalized spacial score (nSPS) is 29.0. The van der Waals surface area contributed by atoms with Gasteiger partial charge in [-0.15, -0.1) is 11.8 Å². The molecule has 3 fully saturated rings. The first-order valence-electron chi connectivity index (χ1n) is 6.56. The molecule has 0 saturated carbocycles. The van der Waals surface area contributed by atoms with E-state index in [0.717, 1.165) is 31.6 Å². The van der Waals surface area contributed by atoms with Gasteiger partial charge in [-0.2, -0.15) is 0 Å². The van der Waals surface area contributed by atoms with Crippen LogP contribution in [-0.2, 0) is 0 Å². The van der Waals surface area contributed by atoms with E-state index in [1.54, 1.807) is 11.8 Å². The van der Waals surface area contributed by atoms with Gasteiger partial charge < -0.3 is 10.0 Å². The number of hydrogen-bond donors (Lipinski definition) is 1. The molecule has 1 N–H and O–H groups in total. The fourth-order valence-corrected chi connectivity index (χ4v) is 3.36. The highest BCUT2D eigenvalue weighted by molar-refractivity contribution is 7.98. The summed E-state index contributed by atoms with van der Waals surface area (Å²) in [6.07, 6.45) is 6.27. The SMILES string of the molecule is CSc1ccc(C=C2C(O)C3CCN2CC3)cc1. The van der Waals surface area contributed by atoms with E-state index in [4.69, 9.17) is 0 Å². The Morgan fingerprint density at radius 3 is 2.44 bits per heavy atom. The Morgan fingerprint density at radius 2 is 1.89 bits per heavy atom. The Labute approximate surface area is 113 Å². The number of aliphatic hydroxyl groups excluding tert-OH is 1. The maximum atomic E-state index is 10.3. The second-order valence-corrected chi connectivity index (χ2v) is 5.99. The van der Waals surface area contributed by atoms with Crippen molar-refractivity contribution in [1.29, 1.82) is 0 Å². The summed E-state index contributed by atoms with van der Waals surface area (Å²) in [7, 11) is 0. The molecule has 2 nitrogen and oxygen atoms in total. The average Bonchev–Trinajstić information content (AvgIpc) is 2.44. The van der Waals surface area contributed by atoms with Gasteiger partial charge in [0.15, 0.2) is 0 Å². The summed E-state index contributed by atoms with van der Waals surface area (Å²) < 4.78 is 0. The third-order valence-corrected chi connectivity index (χ3v) is 4.83. The topological polar surface area (TPSA) is 23.5 Å². The van der Waals surface area contributed by atoms with E-state index in [-0.39, 0.29) is 6.10 Å². The first kappa shape index (κ1) is 12.1. The number of hydrogen-bond acceptors (Lipinski definition) is 3. The van der Waals surface area contributed by atoms with Gasteiger partial charge in [-0.05, 0) is 48.8 Å². The summed E-state index contributed by atoms with van der Waals surface area (Å²) in [5.74, 6) is 0.478. The van der Waals surface area contributed by atoms with E-state index in [0.29, 0.717) is 5.92 Å². The lowest BCUT2D eigenvalue weighted by Crippen LogP contribution is -2.48. The van der Waals surface area contributed by atoms with E-state index in [1.807, 2.05) is 0 Å². The van der Waals surface area contributed by atoms with Crippen LogP contribution in [0.4, 0.5) is 0 Å². The van der Waals surface area contributed by atoms with Crippen molar-refractivity contribution in [3.63, 3.8) is 0 Å². The van der Waals surface area contributed by atoms with Crippen LogP contribution in [0.25, 0.3) is 6.08 Å². The van der Waals surface area contributed by atoms with Gasteiger partial charge in [-0.3, -0.25) is 0 Å². The Hall–Kier alpha value is -0.930. The third kappa shape index (κ3) is 2.17. The van der Waals surface area contributed by atoms with Gasteiger partial charge >= 0.3 is 0 Å². The predicted molar refractivity (Wildman–Crippen MR) is 76.5 cm³/mol. The molecule has 4 rings (SSSR count). The number of piperidine rings is 3. The molecular formula is C15H19NOS. The number of aliphatic hydroxyl groups is 1. The summed E-state index contributed by atoms with van der Waals surface area (Å²) in [6.45, 7) is 2.22. The van der Waals surface area contributed by atoms with E-state index in [1.165, 1.54) is 10.5 Å². The molecule has 3 saturated heterocycles. The summed E-state index contributed by atoms with van der Waals surface area (Å²) >= 11 is 1.76. The minimum Gasteiger partial charge on any atom is -0.387 e. The Morgan fingerprint density at radius 1 is 1.22 bits per heavy atom. The molecule has 18 heavy (non-hydrogen) atoms. The zero-order chi connectivity index (χ0) is 12.5. The van der Waals surface area contributed by atoms with Crippen LogP contribution in [-0.4, -0.2) is 35.5 Å². The lowest BCUT2D eigenvalue weighted by molar-refractivity contribution is 0.0215. The van der Waals surface area contributed by atoms with Gasteiger partial charge in [0.25, 0.3) is 0 Å². The van der Waals surface area contributed by atoms with E-state index in [9.17, 15) is 5.11 Å². The van der Waals surface area contributed by atoms with Crippen molar-refractivity contribution in [1.82, 2.24) is 4.90 Å². The highest BCUT2D eigenvalue weighted by Crippen LogP contribution is 2.35. The number of thioether (sulfide) groups is 1. The molecule has 3 aliphatic heterocycles. The number of benzene rings is 1. The minimum absolute atomic E-state index is 0.257. The molecule has 0 aromatic heterocycles. The number of fused-ring (bicyclic) bond motifs is 3. The molecule has 2 bridgehead atoms. The molecule has 1 unspecified atom stereocenters. The predicted octanol–water partition coefficient (Wildman–Crippen LogP) is 2.84. The van der Waals surface area contributed by atoms with Crippen molar-refractivity contribution < 1.29 is 5.11 Å². The van der Waals surface area contributed by atoms with Crippen molar-refractivity contribution in [2.75, 3.05) is 19.3 Å². The highest BCUT2D eigenvalue weighted by atomic mass is 32.2. The van der Waals surface area contributed by atoms with Gasteiger partial charge in [0.1, 0.15) is 0 Å². The van der Waals surface area contributed by atoms with Gasteiger partial charge in [-0.25, -0.2) is 0 Å². The fourth-order valence-electron chi connectivity index (χ4n) is 2.95. The molecule has 1 aromatic carbocycles. The van der Waals surface area contributed by atoms with E-state index >= 15 is 0 Å². The Bertz CT molecular complexity index is 442. The molecule has 1 atom stereocenters. The summed E-state index contributed by atoms with van der Waals surface area (Å²) in [5, 5.41) is 10.3. The lowest BCUT2D eigenvalue weighted by atomic mass is 9.83. The van der Waals surface area contributed by atoms with Crippen molar-refractivity contribution >= 4 is 17.8 Å². The molecule has 0 amide bonds. The first-order valence-corrected chi connectivity index (χ1v) is 7.79. The van der Waals surface area contributed by atoms with Crippen LogP contribution in [0.2, 0.25) is 0 Å². The third-order valence-electron chi connectivity index (χ3n) is 4.08. The molecule has 3 aliphatic rings. The largest absolute Gasteiger partial charge is 0.387 e. The monoisotopic (exact) mass is 261 g/mol. The Balaban J connectivity index is 1.86. The standard InChI is InChI=1S/C15H19NOS/c1-18-13-4-2-11(3-5-13)10-14-15(17)12-6-8-16(14)9-7-12/h2-5,10,12,15,17H,6-9H2,1H3. The van der Waals surface area contributed by atoms with Gasteiger partial charge in [-0.1, -0.05) is 12.1 Å². The first-order chi connectivity index (χ1) is 8.78. The molecule has 0 spiro atoms. The summed E-state index contributed by atoms with van der Waals surface area (Å²) in [5.41, 5.74) is 2.31. The van der Waals surface area contributed by atoms with Crippen molar-refractivity contribution in [3.8, 4) is 0 Å². The molecule has 3 heteroatoms. The molecule has 3 heterocycles. The highest BCUT2D eigenvalue weighted by Gasteiger charge is 2.36. The van der Waals surface area contributed by atoms with Crippen LogP contribution in [0.1, 0.15) is 18.4 Å². The minimum atomic E-state index is -0.257. The molecule has 1 aromatic rings. The quantitative estimate of drug-likeness (QED) is 0.828. The van der Waals surface area contributed by atoms with Gasteiger partial charge in [0.05, 0.1) is 6.10 Å². The zero-order valence-corrected chi connectivity index (χ0v) is 11.5. The summed E-state index contributed by atoms with van der Waals surface area (Å²) in [4.78, 5) is 3.62. The molecule has 0 radical (unpaired) electrons. The number of rotatable bonds is 2. The van der Waals surface area contributed by atoms with E-state index < -0.39 is 0 Å². The van der Waals surface area contributed by atoms with Crippen molar-refractivity contribution in [3.05, 3.63) is 35.5 Å².